The third kappa shape index (κ3) is 2.52. The van der Waals surface area contributed by atoms with Crippen LogP contribution in [-0.4, -0.2) is 22.9 Å². The quantitative estimate of drug-likeness (QED) is 0.615. The summed E-state index contributed by atoms with van der Waals surface area (Å²) in [6.45, 7) is 0. The van der Waals surface area contributed by atoms with Crippen LogP contribution in [0.25, 0.3) is 0 Å². The molecule has 0 aromatic carbocycles. The molecule has 2 unspecified atom stereocenters. The Hall–Kier alpha value is -0.900. The number of carboxylic acid groups (broad SMARTS) is 1. The van der Waals surface area contributed by atoms with E-state index >= 15 is 0 Å². The van der Waals surface area contributed by atoms with Crippen LogP contribution in [-0.2, 0) is 9.59 Å². The molecule has 0 aromatic heterocycles. The fraction of sp³-hybridized carbons (Fsp3) is 0.778. The highest BCUT2D eigenvalue weighted by atomic mass is 16.4. The second-order valence-electron chi connectivity index (χ2n) is 3.54. The van der Waals surface area contributed by atoms with E-state index in [0.29, 0.717) is 12.8 Å². The molecule has 1 aliphatic rings. The van der Waals surface area contributed by atoms with E-state index in [9.17, 15) is 9.59 Å². The number of hydrogen-bond acceptors (Lipinski definition) is 3. The molecule has 2 atom stereocenters. The lowest BCUT2D eigenvalue weighted by Crippen LogP contribution is -2.41. The van der Waals surface area contributed by atoms with Crippen LogP contribution in [0.1, 0.15) is 32.1 Å². The lowest BCUT2D eigenvalue weighted by Gasteiger charge is -2.16. The van der Waals surface area contributed by atoms with Gasteiger partial charge in [0.1, 0.15) is 11.8 Å². The summed E-state index contributed by atoms with van der Waals surface area (Å²) in [6, 6.07) is -1.01. The summed E-state index contributed by atoms with van der Waals surface area (Å²) in [5.74, 6) is -1.51. The first-order valence-corrected chi connectivity index (χ1v) is 4.64. The molecule has 13 heavy (non-hydrogen) atoms. The molecule has 1 saturated carbocycles. The van der Waals surface area contributed by atoms with Crippen molar-refractivity contribution in [3.63, 3.8) is 0 Å². The van der Waals surface area contributed by atoms with Gasteiger partial charge in [0, 0.05) is 12.3 Å². The van der Waals surface area contributed by atoms with Gasteiger partial charge in [-0.15, -0.1) is 0 Å². The average molecular weight is 185 g/mol. The number of ketones is 1. The molecule has 1 fully saturated rings. The summed E-state index contributed by atoms with van der Waals surface area (Å²) in [6.07, 6.45) is 3.92. The summed E-state index contributed by atoms with van der Waals surface area (Å²) in [5, 5.41) is 8.67. The number of carbonyl (C=O) groups excluding carboxylic acids is 1. The molecule has 3 N–H and O–H groups in total. The Kier molecular flexibility index (Phi) is 3.42. The minimum absolute atomic E-state index is 0.0207. The molecule has 74 valence electrons. The first kappa shape index (κ1) is 10.2. The summed E-state index contributed by atoms with van der Waals surface area (Å²) in [7, 11) is 0. The summed E-state index contributed by atoms with van der Waals surface area (Å²) in [5.41, 5.74) is 5.43. The number of carboxylic acids is 1. The highest BCUT2D eigenvalue weighted by Gasteiger charge is 2.30. The molecule has 0 spiro atoms. The van der Waals surface area contributed by atoms with Crippen LogP contribution in [0.3, 0.4) is 0 Å². The minimum atomic E-state index is -1.07. The predicted octanol–water partition coefficient (Wildman–Crippen LogP) is 0.548. The first-order chi connectivity index (χ1) is 6.13. The van der Waals surface area contributed by atoms with E-state index in [2.05, 4.69) is 0 Å². The van der Waals surface area contributed by atoms with E-state index in [1.165, 1.54) is 0 Å². The predicted molar refractivity (Wildman–Crippen MR) is 47.2 cm³/mol. The molecule has 0 saturated heterocycles. The SMILES string of the molecule is NC(C(=O)O)C1CCCCCC1=O. The van der Waals surface area contributed by atoms with Crippen LogP contribution in [0.4, 0.5) is 0 Å². The molecule has 4 nitrogen and oxygen atoms in total. The van der Waals surface area contributed by atoms with Gasteiger partial charge >= 0.3 is 5.97 Å². The van der Waals surface area contributed by atoms with Gasteiger partial charge in [0.2, 0.25) is 0 Å². The van der Waals surface area contributed by atoms with Gasteiger partial charge in [0.05, 0.1) is 0 Å². The highest BCUT2D eigenvalue weighted by molar-refractivity contribution is 5.88. The zero-order chi connectivity index (χ0) is 9.84. The van der Waals surface area contributed by atoms with Gasteiger partial charge in [-0.1, -0.05) is 12.8 Å². The Morgan fingerprint density at radius 1 is 1.46 bits per heavy atom. The Balaban J connectivity index is 2.64. The van der Waals surface area contributed by atoms with Gasteiger partial charge in [-0.3, -0.25) is 9.59 Å². The summed E-state index contributed by atoms with van der Waals surface area (Å²) in [4.78, 5) is 22.0. The summed E-state index contributed by atoms with van der Waals surface area (Å²) >= 11 is 0. The molecule has 0 heterocycles. The molecular formula is C9H15NO3. The highest BCUT2D eigenvalue weighted by Crippen LogP contribution is 2.22. The Labute approximate surface area is 77.1 Å². The fourth-order valence-corrected chi connectivity index (χ4v) is 1.74. The Bertz CT molecular complexity index is 215. The number of aliphatic carboxylic acids is 1. The van der Waals surface area contributed by atoms with Crippen LogP contribution in [0, 0.1) is 5.92 Å². The topological polar surface area (TPSA) is 80.4 Å². The molecule has 4 heteroatoms. The van der Waals surface area contributed by atoms with Crippen molar-refractivity contribution in [2.75, 3.05) is 0 Å². The second kappa shape index (κ2) is 4.37. The van der Waals surface area contributed by atoms with Gasteiger partial charge in [-0.05, 0) is 12.8 Å². The number of nitrogens with two attached hydrogens (primary N) is 1. The van der Waals surface area contributed by atoms with Gasteiger partial charge in [-0.25, -0.2) is 0 Å². The maximum Gasteiger partial charge on any atom is 0.321 e. The monoisotopic (exact) mass is 185 g/mol. The standard InChI is InChI=1S/C9H15NO3/c10-8(9(12)13)6-4-2-1-3-5-7(6)11/h6,8H,1-5,10H2,(H,12,13). The minimum Gasteiger partial charge on any atom is -0.480 e. The van der Waals surface area contributed by atoms with Crippen molar-refractivity contribution in [3.8, 4) is 0 Å². The van der Waals surface area contributed by atoms with Crippen LogP contribution in [0.2, 0.25) is 0 Å². The molecular weight excluding hydrogens is 170 g/mol. The zero-order valence-corrected chi connectivity index (χ0v) is 7.53. The molecule has 0 aliphatic heterocycles. The molecule has 1 aliphatic carbocycles. The normalized spacial score (nSPS) is 26.5. The van der Waals surface area contributed by atoms with E-state index in [1.807, 2.05) is 0 Å². The van der Waals surface area contributed by atoms with E-state index < -0.39 is 17.9 Å². The van der Waals surface area contributed by atoms with Gasteiger partial charge in [0.25, 0.3) is 0 Å². The largest absolute Gasteiger partial charge is 0.480 e. The van der Waals surface area contributed by atoms with Crippen molar-refractivity contribution in [1.29, 1.82) is 0 Å². The maximum atomic E-state index is 11.4. The number of hydrogen-bond donors (Lipinski definition) is 2. The van der Waals surface area contributed by atoms with Crippen molar-refractivity contribution in [2.24, 2.45) is 11.7 Å². The number of Topliss-reactive ketones (excluding diaryl/α,β-unsaturated/α-hetero) is 1. The van der Waals surface area contributed by atoms with E-state index in [1.54, 1.807) is 0 Å². The van der Waals surface area contributed by atoms with Crippen LogP contribution < -0.4 is 5.73 Å². The summed E-state index contributed by atoms with van der Waals surface area (Å²) < 4.78 is 0. The van der Waals surface area contributed by atoms with Crippen molar-refractivity contribution in [3.05, 3.63) is 0 Å². The molecule has 0 radical (unpaired) electrons. The van der Waals surface area contributed by atoms with Crippen molar-refractivity contribution >= 4 is 11.8 Å². The van der Waals surface area contributed by atoms with Crippen LogP contribution in [0.15, 0.2) is 0 Å². The lowest BCUT2D eigenvalue weighted by atomic mass is 9.91. The second-order valence-corrected chi connectivity index (χ2v) is 3.54. The molecule has 0 amide bonds. The van der Waals surface area contributed by atoms with Crippen molar-refractivity contribution in [2.45, 2.75) is 38.1 Å². The van der Waals surface area contributed by atoms with E-state index in [0.717, 1.165) is 19.3 Å². The first-order valence-electron chi connectivity index (χ1n) is 4.64. The third-order valence-corrected chi connectivity index (χ3v) is 2.57. The zero-order valence-electron chi connectivity index (χ0n) is 7.53. The van der Waals surface area contributed by atoms with Crippen LogP contribution in [0.5, 0.6) is 0 Å². The van der Waals surface area contributed by atoms with Gasteiger partial charge in [-0.2, -0.15) is 0 Å². The average Bonchev–Trinajstić information content (AvgIpc) is 2.28. The molecule has 0 bridgehead atoms. The van der Waals surface area contributed by atoms with Crippen molar-refractivity contribution in [1.82, 2.24) is 0 Å². The lowest BCUT2D eigenvalue weighted by molar-refractivity contribution is -0.142. The number of carbonyl (C=O) groups is 2. The molecule has 0 aromatic rings. The number of rotatable bonds is 2. The Morgan fingerprint density at radius 2 is 2.15 bits per heavy atom. The van der Waals surface area contributed by atoms with E-state index in [4.69, 9.17) is 10.8 Å². The fourth-order valence-electron chi connectivity index (χ4n) is 1.74. The van der Waals surface area contributed by atoms with Crippen LogP contribution >= 0.6 is 0 Å². The molecule has 1 rings (SSSR count). The third-order valence-electron chi connectivity index (χ3n) is 2.57. The van der Waals surface area contributed by atoms with E-state index in [-0.39, 0.29) is 5.78 Å². The van der Waals surface area contributed by atoms with Crippen molar-refractivity contribution < 1.29 is 14.7 Å². The maximum absolute atomic E-state index is 11.4. The van der Waals surface area contributed by atoms with Gasteiger partial charge in [0.15, 0.2) is 0 Å². The smallest absolute Gasteiger partial charge is 0.321 e. The van der Waals surface area contributed by atoms with Gasteiger partial charge < -0.3 is 10.8 Å². The Morgan fingerprint density at radius 3 is 2.77 bits per heavy atom.